The lowest BCUT2D eigenvalue weighted by Gasteiger charge is -2.16. The second-order valence-corrected chi connectivity index (χ2v) is 7.21. The predicted molar refractivity (Wildman–Crippen MR) is 115 cm³/mol. The van der Waals surface area contributed by atoms with Gasteiger partial charge < -0.3 is 20.4 Å². The second-order valence-electron chi connectivity index (χ2n) is 7.21. The van der Waals surface area contributed by atoms with Gasteiger partial charge in [0.05, 0.1) is 6.42 Å². The van der Waals surface area contributed by atoms with Crippen LogP contribution in [0.4, 0.5) is 5.69 Å². The molecule has 1 fully saturated rings. The van der Waals surface area contributed by atoms with Crippen LogP contribution in [0, 0.1) is 5.92 Å². The number of nitrogens with one attached hydrogen (secondary N) is 1. The van der Waals surface area contributed by atoms with Gasteiger partial charge in [-0.2, -0.15) is 0 Å². The van der Waals surface area contributed by atoms with Gasteiger partial charge in [0.15, 0.2) is 5.76 Å². The molecule has 1 unspecified atom stereocenters. The topological polar surface area (TPSA) is 88.6 Å². The van der Waals surface area contributed by atoms with Crippen LogP contribution in [0.25, 0.3) is 11.0 Å². The number of halogens is 1. The van der Waals surface area contributed by atoms with Crippen molar-refractivity contribution in [2.24, 2.45) is 11.7 Å². The Hall–Kier alpha value is -2.83. The number of hydrogen-bond acceptors (Lipinski definition) is 4. The Balaban J connectivity index is 0.00000240. The van der Waals surface area contributed by atoms with Gasteiger partial charge in [-0.25, -0.2) is 0 Å². The van der Waals surface area contributed by atoms with E-state index in [1.165, 1.54) is 0 Å². The molecule has 1 aliphatic rings. The fourth-order valence-electron chi connectivity index (χ4n) is 3.53. The zero-order chi connectivity index (χ0) is 19.5. The number of rotatable bonds is 5. The quantitative estimate of drug-likeness (QED) is 0.670. The van der Waals surface area contributed by atoms with E-state index in [0.29, 0.717) is 30.2 Å². The smallest absolute Gasteiger partial charge is 0.291 e. The average Bonchev–Trinajstić information content (AvgIpc) is 3.36. The van der Waals surface area contributed by atoms with Crippen LogP contribution in [-0.2, 0) is 11.2 Å². The summed E-state index contributed by atoms with van der Waals surface area (Å²) in [6, 6.07) is 16.6. The van der Waals surface area contributed by atoms with E-state index >= 15 is 0 Å². The highest BCUT2D eigenvalue weighted by Crippen LogP contribution is 2.21. The number of carbonyl (C=O) groups excluding carboxylic acids is 2. The van der Waals surface area contributed by atoms with Gasteiger partial charge in [0.1, 0.15) is 5.58 Å². The standard InChI is InChI=1S/C22H23N3O3.ClH/c23-13-16-9-10-25(14-16)21(26)11-15-5-7-18(8-6-15)24-22(27)20-12-17-3-1-2-4-19(17)28-20;/h1-8,12,16H,9-11,13-14,23H2,(H,24,27);1H. The Morgan fingerprint density at radius 2 is 1.90 bits per heavy atom. The summed E-state index contributed by atoms with van der Waals surface area (Å²) in [6.07, 6.45) is 1.34. The number of likely N-dealkylation sites (tertiary alicyclic amines) is 1. The highest BCUT2D eigenvalue weighted by atomic mass is 35.5. The van der Waals surface area contributed by atoms with E-state index < -0.39 is 0 Å². The largest absolute Gasteiger partial charge is 0.451 e. The average molecular weight is 414 g/mol. The first-order valence-electron chi connectivity index (χ1n) is 9.49. The molecule has 0 bridgehead atoms. The first-order chi connectivity index (χ1) is 13.6. The van der Waals surface area contributed by atoms with Crippen molar-refractivity contribution in [2.45, 2.75) is 12.8 Å². The van der Waals surface area contributed by atoms with Crippen molar-refractivity contribution < 1.29 is 14.0 Å². The minimum atomic E-state index is -0.301. The lowest BCUT2D eigenvalue weighted by atomic mass is 10.1. The monoisotopic (exact) mass is 413 g/mol. The summed E-state index contributed by atoms with van der Waals surface area (Å²) >= 11 is 0. The van der Waals surface area contributed by atoms with E-state index in [-0.39, 0.29) is 30.0 Å². The maximum Gasteiger partial charge on any atom is 0.291 e. The zero-order valence-corrected chi connectivity index (χ0v) is 16.8. The normalized spacial score (nSPS) is 15.9. The molecule has 2 aromatic carbocycles. The lowest BCUT2D eigenvalue weighted by Crippen LogP contribution is -2.31. The Morgan fingerprint density at radius 3 is 2.59 bits per heavy atom. The molecule has 0 aliphatic carbocycles. The van der Waals surface area contributed by atoms with E-state index in [2.05, 4.69) is 5.32 Å². The Labute approximate surface area is 175 Å². The zero-order valence-electron chi connectivity index (χ0n) is 16.0. The summed E-state index contributed by atoms with van der Waals surface area (Å²) < 4.78 is 5.58. The number of para-hydroxylation sites is 1. The minimum Gasteiger partial charge on any atom is -0.451 e. The highest BCUT2D eigenvalue weighted by Gasteiger charge is 2.25. The van der Waals surface area contributed by atoms with Crippen LogP contribution in [0.3, 0.4) is 0 Å². The predicted octanol–water partition coefficient (Wildman–Crippen LogP) is 3.46. The van der Waals surface area contributed by atoms with Gasteiger partial charge in [0.25, 0.3) is 5.91 Å². The number of fused-ring (bicyclic) bond motifs is 1. The van der Waals surface area contributed by atoms with Crippen molar-refractivity contribution in [1.82, 2.24) is 4.90 Å². The SMILES string of the molecule is Cl.NCC1CCN(C(=O)Cc2ccc(NC(=O)c3cc4ccccc4o3)cc2)C1. The van der Waals surface area contributed by atoms with Crippen molar-refractivity contribution >= 4 is 40.9 Å². The molecule has 1 aromatic heterocycles. The summed E-state index contributed by atoms with van der Waals surface area (Å²) in [7, 11) is 0. The molecular formula is C22H24ClN3O3. The molecule has 3 aromatic rings. The van der Waals surface area contributed by atoms with E-state index in [4.69, 9.17) is 10.2 Å². The van der Waals surface area contributed by atoms with E-state index in [1.54, 1.807) is 18.2 Å². The van der Waals surface area contributed by atoms with Gasteiger partial charge in [-0.15, -0.1) is 12.4 Å². The van der Waals surface area contributed by atoms with Crippen LogP contribution >= 0.6 is 12.4 Å². The van der Waals surface area contributed by atoms with Crippen molar-refractivity contribution in [1.29, 1.82) is 0 Å². The van der Waals surface area contributed by atoms with Gasteiger partial charge in [-0.1, -0.05) is 30.3 Å². The molecule has 4 rings (SSSR count). The summed E-state index contributed by atoms with van der Waals surface area (Å²) in [5.74, 6) is 0.503. The number of amides is 2. The van der Waals surface area contributed by atoms with E-state index in [9.17, 15) is 9.59 Å². The van der Waals surface area contributed by atoms with Crippen molar-refractivity contribution in [3.63, 3.8) is 0 Å². The summed E-state index contributed by atoms with van der Waals surface area (Å²) in [5.41, 5.74) is 7.95. The Morgan fingerprint density at radius 1 is 1.14 bits per heavy atom. The molecule has 0 spiro atoms. The number of hydrogen-bond donors (Lipinski definition) is 2. The third-order valence-corrected chi connectivity index (χ3v) is 5.19. The van der Waals surface area contributed by atoms with Crippen LogP contribution in [0.1, 0.15) is 22.5 Å². The number of benzene rings is 2. The van der Waals surface area contributed by atoms with E-state index in [0.717, 1.165) is 30.5 Å². The van der Waals surface area contributed by atoms with Gasteiger partial charge in [-0.3, -0.25) is 9.59 Å². The maximum atomic E-state index is 12.4. The number of anilines is 1. The first kappa shape index (κ1) is 20.9. The molecule has 7 heteroatoms. The lowest BCUT2D eigenvalue weighted by molar-refractivity contribution is -0.129. The number of furan rings is 1. The molecule has 2 amide bonds. The van der Waals surface area contributed by atoms with Crippen molar-refractivity contribution in [3.8, 4) is 0 Å². The molecule has 1 saturated heterocycles. The molecule has 152 valence electrons. The minimum absolute atomic E-state index is 0. The van der Waals surface area contributed by atoms with Crippen LogP contribution in [-0.4, -0.2) is 36.3 Å². The molecule has 29 heavy (non-hydrogen) atoms. The summed E-state index contributed by atoms with van der Waals surface area (Å²) in [6.45, 7) is 2.16. The van der Waals surface area contributed by atoms with Gasteiger partial charge >= 0.3 is 0 Å². The van der Waals surface area contributed by atoms with Crippen molar-refractivity contribution in [2.75, 3.05) is 25.0 Å². The highest BCUT2D eigenvalue weighted by molar-refractivity contribution is 6.04. The first-order valence-corrected chi connectivity index (χ1v) is 9.49. The molecule has 1 atom stereocenters. The van der Waals surface area contributed by atoms with E-state index in [1.807, 2.05) is 41.3 Å². The fraction of sp³-hybridized carbons (Fsp3) is 0.273. The van der Waals surface area contributed by atoms with Gasteiger partial charge in [-0.05, 0) is 48.7 Å². The van der Waals surface area contributed by atoms with Crippen LogP contribution in [0.15, 0.2) is 59.0 Å². The molecule has 1 aliphatic heterocycles. The maximum absolute atomic E-state index is 12.4. The third kappa shape index (κ3) is 4.78. The number of nitrogens with zero attached hydrogens (tertiary/aromatic N) is 1. The fourth-order valence-corrected chi connectivity index (χ4v) is 3.53. The molecular weight excluding hydrogens is 390 g/mol. The molecule has 3 N–H and O–H groups in total. The number of nitrogens with two attached hydrogens (primary N) is 1. The second kappa shape index (κ2) is 9.11. The van der Waals surface area contributed by atoms with Crippen LogP contribution < -0.4 is 11.1 Å². The molecule has 0 saturated carbocycles. The van der Waals surface area contributed by atoms with Gasteiger partial charge in [0, 0.05) is 24.2 Å². The third-order valence-electron chi connectivity index (χ3n) is 5.19. The van der Waals surface area contributed by atoms with Crippen LogP contribution in [0.2, 0.25) is 0 Å². The summed E-state index contributed by atoms with van der Waals surface area (Å²) in [5, 5.41) is 3.72. The Kier molecular flexibility index (Phi) is 6.56. The molecule has 6 nitrogen and oxygen atoms in total. The summed E-state index contributed by atoms with van der Waals surface area (Å²) in [4.78, 5) is 26.7. The number of carbonyl (C=O) groups is 2. The van der Waals surface area contributed by atoms with Crippen LogP contribution in [0.5, 0.6) is 0 Å². The van der Waals surface area contributed by atoms with Crippen molar-refractivity contribution in [3.05, 3.63) is 65.9 Å². The molecule has 0 radical (unpaired) electrons. The Bertz CT molecular complexity index is 967. The van der Waals surface area contributed by atoms with Gasteiger partial charge in [0.2, 0.25) is 5.91 Å². The molecule has 2 heterocycles.